The molecule has 0 aliphatic rings. The monoisotopic (exact) mass is 370 g/mol. The number of rotatable bonds is 4. The van der Waals surface area contributed by atoms with Gasteiger partial charge in [0.25, 0.3) is 10.0 Å². The van der Waals surface area contributed by atoms with Gasteiger partial charge in [-0.2, -0.15) is 0 Å². The van der Waals surface area contributed by atoms with Crippen molar-refractivity contribution in [1.82, 2.24) is 14.4 Å². The highest BCUT2D eigenvalue weighted by molar-refractivity contribution is 7.94. The number of aryl methyl sites for hydroxylation is 1. The Kier molecular flexibility index (Phi) is 3.78. The van der Waals surface area contributed by atoms with Crippen molar-refractivity contribution in [2.75, 3.05) is 4.72 Å². The summed E-state index contributed by atoms with van der Waals surface area (Å²) in [6.07, 6.45) is 5.41. The summed E-state index contributed by atoms with van der Waals surface area (Å²) in [7, 11) is -3.59. The zero-order valence-electron chi connectivity index (χ0n) is 13.2. The second-order valence-corrected chi connectivity index (χ2v) is 8.70. The van der Waals surface area contributed by atoms with Crippen LogP contribution in [0, 0.1) is 6.92 Å². The standard InChI is InChI=1S/C17H14N4O2S2/c1-12-6-7-16(24-12)25(22,23)20-14-5-2-4-13(10-14)15-11-21-9-3-8-18-17(21)19-15/h2-11,20H,1H3. The van der Waals surface area contributed by atoms with Gasteiger partial charge in [0.2, 0.25) is 5.78 Å². The summed E-state index contributed by atoms with van der Waals surface area (Å²) in [5.41, 5.74) is 2.04. The van der Waals surface area contributed by atoms with Gasteiger partial charge in [-0.15, -0.1) is 11.3 Å². The Labute approximate surface area is 148 Å². The van der Waals surface area contributed by atoms with Gasteiger partial charge in [0.1, 0.15) is 4.21 Å². The van der Waals surface area contributed by atoms with Crippen LogP contribution in [-0.4, -0.2) is 22.8 Å². The summed E-state index contributed by atoms with van der Waals surface area (Å²) in [5, 5.41) is 0. The lowest BCUT2D eigenvalue weighted by Crippen LogP contribution is -2.11. The molecule has 4 aromatic rings. The Bertz CT molecular complexity index is 1130. The van der Waals surface area contributed by atoms with Crippen LogP contribution in [-0.2, 0) is 10.0 Å². The van der Waals surface area contributed by atoms with E-state index in [2.05, 4.69) is 14.7 Å². The molecule has 0 fully saturated rings. The molecule has 0 aliphatic carbocycles. The van der Waals surface area contributed by atoms with Crippen LogP contribution in [0.15, 0.2) is 65.3 Å². The molecule has 126 valence electrons. The lowest BCUT2D eigenvalue weighted by atomic mass is 10.1. The Morgan fingerprint density at radius 2 is 2.04 bits per heavy atom. The van der Waals surface area contributed by atoms with Crippen LogP contribution >= 0.6 is 11.3 Å². The number of anilines is 1. The molecule has 0 amide bonds. The molecule has 0 spiro atoms. The minimum atomic E-state index is -3.59. The number of hydrogen-bond donors (Lipinski definition) is 1. The fraction of sp³-hybridized carbons (Fsp3) is 0.0588. The number of aromatic nitrogens is 3. The predicted molar refractivity (Wildman–Crippen MR) is 98.3 cm³/mol. The quantitative estimate of drug-likeness (QED) is 0.596. The van der Waals surface area contributed by atoms with Gasteiger partial charge in [-0.25, -0.2) is 18.4 Å². The molecule has 3 heterocycles. The van der Waals surface area contributed by atoms with Crippen LogP contribution in [0.1, 0.15) is 4.88 Å². The van der Waals surface area contributed by atoms with E-state index in [1.165, 1.54) is 11.3 Å². The van der Waals surface area contributed by atoms with Crippen molar-refractivity contribution < 1.29 is 8.42 Å². The first-order valence-electron chi connectivity index (χ1n) is 7.51. The Balaban J connectivity index is 1.67. The molecular formula is C17H14N4O2S2. The summed E-state index contributed by atoms with van der Waals surface area (Å²) < 4.78 is 29.7. The molecule has 1 aromatic carbocycles. The van der Waals surface area contributed by atoms with Crippen molar-refractivity contribution >= 4 is 32.8 Å². The fourth-order valence-corrected chi connectivity index (χ4v) is 4.81. The van der Waals surface area contributed by atoms with Gasteiger partial charge < -0.3 is 0 Å². The topological polar surface area (TPSA) is 76.4 Å². The van der Waals surface area contributed by atoms with E-state index in [0.29, 0.717) is 15.7 Å². The van der Waals surface area contributed by atoms with Crippen LogP contribution in [0.25, 0.3) is 17.0 Å². The van der Waals surface area contributed by atoms with Gasteiger partial charge in [0.05, 0.1) is 5.69 Å². The van der Waals surface area contributed by atoms with E-state index < -0.39 is 10.0 Å². The normalized spacial score (nSPS) is 11.7. The van der Waals surface area contributed by atoms with Gasteiger partial charge in [-0.3, -0.25) is 9.12 Å². The fourth-order valence-electron chi connectivity index (χ4n) is 2.47. The summed E-state index contributed by atoms with van der Waals surface area (Å²) in [4.78, 5) is 9.60. The molecule has 4 rings (SSSR count). The molecule has 0 atom stereocenters. The average Bonchev–Trinajstić information content (AvgIpc) is 3.21. The number of thiophene rings is 1. The van der Waals surface area contributed by atoms with Crippen molar-refractivity contribution in [3.8, 4) is 11.3 Å². The summed E-state index contributed by atoms with van der Waals surface area (Å²) >= 11 is 1.24. The molecule has 0 aliphatic heterocycles. The third-order valence-corrected chi connectivity index (χ3v) is 6.50. The molecule has 0 bridgehead atoms. The third kappa shape index (κ3) is 3.13. The summed E-state index contributed by atoms with van der Waals surface area (Å²) in [6.45, 7) is 1.88. The van der Waals surface area contributed by atoms with E-state index in [1.54, 1.807) is 36.5 Å². The van der Waals surface area contributed by atoms with Crippen molar-refractivity contribution in [1.29, 1.82) is 0 Å². The first-order chi connectivity index (χ1) is 12.0. The molecular weight excluding hydrogens is 356 g/mol. The molecule has 3 aromatic heterocycles. The minimum absolute atomic E-state index is 0.298. The lowest BCUT2D eigenvalue weighted by Gasteiger charge is -2.07. The molecule has 0 radical (unpaired) electrons. The number of hydrogen-bond acceptors (Lipinski definition) is 5. The van der Waals surface area contributed by atoms with Crippen LogP contribution in [0.3, 0.4) is 0 Å². The van der Waals surface area contributed by atoms with Crippen molar-refractivity contribution in [3.05, 3.63) is 65.9 Å². The summed E-state index contributed by atoms with van der Waals surface area (Å²) in [6, 6.07) is 12.4. The smallest absolute Gasteiger partial charge is 0.271 e. The highest BCUT2D eigenvalue weighted by Gasteiger charge is 2.16. The van der Waals surface area contributed by atoms with Crippen LogP contribution in [0.5, 0.6) is 0 Å². The highest BCUT2D eigenvalue weighted by atomic mass is 32.2. The number of nitrogens with one attached hydrogen (secondary N) is 1. The van der Waals surface area contributed by atoms with Crippen molar-refractivity contribution in [2.45, 2.75) is 11.1 Å². The number of imidazole rings is 1. The molecule has 0 saturated heterocycles. The SMILES string of the molecule is Cc1ccc(S(=O)(=O)Nc2cccc(-c3cn4cccnc4n3)c2)s1. The molecule has 0 saturated carbocycles. The van der Waals surface area contributed by atoms with E-state index in [1.807, 2.05) is 35.9 Å². The summed E-state index contributed by atoms with van der Waals surface area (Å²) in [5.74, 6) is 0.595. The van der Waals surface area contributed by atoms with Gasteiger partial charge in [-0.1, -0.05) is 12.1 Å². The third-order valence-electron chi connectivity index (χ3n) is 3.63. The van der Waals surface area contributed by atoms with Gasteiger partial charge >= 0.3 is 0 Å². The Hall–Kier alpha value is -2.71. The van der Waals surface area contributed by atoms with Crippen molar-refractivity contribution in [3.63, 3.8) is 0 Å². The minimum Gasteiger partial charge on any atom is -0.291 e. The zero-order valence-corrected chi connectivity index (χ0v) is 14.9. The second kappa shape index (κ2) is 5.98. The number of benzene rings is 1. The largest absolute Gasteiger partial charge is 0.291 e. The van der Waals surface area contributed by atoms with E-state index in [9.17, 15) is 8.42 Å². The van der Waals surface area contributed by atoms with Crippen LogP contribution in [0.4, 0.5) is 5.69 Å². The molecule has 25 heavy (non-hydrogen) atoms. The van der Waals surface area contributed by atoms with E-state index in [4.69, 9.17) is 0 Å². The number of fused-ring (bicyclic) bond motifs is 1. The highest BCUT2D eigenvalue weighted by Crippen LogP contribution is 2.26. The van der Waals surface area contributed by atoms with Gasteiger partial charge in [0, 0.05) is 34.7 Å². The van der Waals surface area contributed by atoms with E-state index >= 15 is 0 Å². The lowest BCUT2D eigenvalue weighted by molar-refractivity contribution is 0.603. The predicted octanol–water partition coefficient (Wildman–Crippen LogP) is 3.57. The van der Waals surface area contributed by atoms with Crippen LogP contribution < -0.4 is 4.72 Å². The second-order valence-electron chi connectivity index (χ2n) is 5.50. The Morgan fingerprint density at radius 3 is 2.80 bits per heavy atom. The molecule has 8 heteroatoms. The first-order valence-corrected chi connectivity index (χ1v) is 9.81. The Morgan fingerprint density at radius 1 is 1.16 bits per heavy atom. The number of sulfonamides is 1. The van der Waals surface area contributed by atoms with E-state index in [0.717, 1.165) is 16.1 Å². The maximum Gasteiger partial charge on any atom is 0.271 e. The van der Waals surface area contributed by atoms with Crippen molar-refractivity contribution in [2.24, 2.45) is 0 Å². The molecule has 1 N–H and O–H groups in total. The van der Waals surface area contributed by atoms with Gasteiger partial charge in [0.15, 0.2) is 0 Å². The van der Waals surface area contributed by atoms with E-state index in [-0.39, 0.29) is 0 Å². The molecule has 6 nitrogen and oxygen atoms in total. The molecule has 0 unspecified atom stereocenters. The zero-order chi connectivity index (χ0) is 17.4. The van der Waals surface area contributed by atoms with Gasteiger partial charge in [-0.05, 0) is 37.3 Å². The average molecular weight is 370 g/mol. The maximum absolute atomic E-state index is 12.5. The maximum atomic E-state index is 12.5. The number of nitrogens with zero attached hydrogens (tertiary/aromatic N) is 3. The first kappa shape index (κ1) is 15.8. The van der Waals surface area contributed by atoms with Crippen LogP contribution in [0.2, 0.25) is 0 Å².